The third-order valence-electron chi connectivity index (χ3n) is 3.34. The number of piperidine rings is 1. The lowest BCUT2D eigenvalue weighted by Crippen LogP contribution is -2.48. The number of aryl methyl sites for hydroxylation is 1. The SMILES string of the molecule is Cc1cc(Br)cc(C(=O)N2CCCC[C@H]2C(=O)O)c1. The van der Waals surface area contributed by atoms with E-state index in [2.05, 4.69) is 15.9 Å². The minimum absolute atomic E-state index is 0.198. The quantitative estimate of drug-likeness (QED) is 0.909. The standard InChI is InChI=1S/C14H16BrNO3/c1-9-6-10(8-11(15)7-9)13(17)16-5-3-2-4-12(16)14(18)19/h6-8,12H,2-5H2,1H3,(H,18,19)/t12-/m0/s1. The van der Waals surface area contributed by atoms with Crippen molar-refractivity contribution in [1.82, 2.24) is 4.90 Å². The average Bonchev–Trinajstić information content (AvgIpc) is 2.36. The number of carbonyl (C=O) groups excluding carboxylic acids is 1. The fourth-order valence-corrected chi connectivity index (χ4v) is 3.06. The van der Waals surface area contributed by atoms with Gasteiger partial charge in [-0.2, -0.15) is 0 Å². The molecule has 5 heteroatoms. The molecular formula is C14H16BrNO3. The molecule has 0 radical (unpaired) electrons. The largest absolute Gasteiger partial charge is 0.480 e. The molecule has 1 aromatic rings. The van der Waals surface area contributed by atoms with Gasteiger partial charge in [0, 0.05) is 16.6 Å². The van der Waals surface area contributed by atoms with Crippen LogP contribution in [0.5, 0.6) is 0 Å². The normalized spacial score (nSPS) is 19.3. The van der Waals surface area contributed by atoms with Crippen LogP contribution in [0.2, 0.25) is 0 Å². The summed E-state index contributed by atoms with van der Waals surface area (Å²) < 4.78 is 0.833. The van der Waals surface area contributed by atoms with Gasteiger partial charge in [-0.05, 0) is 49.9 Å². The van der Waals surface area contributed by atoms with E-state index >= 15 is 0 Å². The predicted molar refractivity (Wildman–Crippen MR) is 75.2 cm³/mol. The van der Waals surface area contributed by atoms with E-state index in [-0.39, 0.29) is 5.91 Å². The highest BCUT2D eigenvalue weighted by Crippen LogP contribution is 2.22. The number of rotatable bonds is 2. The molecule has 102 valence electrons. The summed E-state index contributed by atoms with van der Waals surface area (Å²) in [5, 5.41) is 9.21. The number of likely N-dealkylation sites (tertiary alicyclic amines) is 1. The summed E-state index contributed by atoms with van der Waals surface area (Å²) in [5.41, 5.74) is 1.52. The van der Waals surface area contributed by atoms with Crippen LogP contribution in [-0.2, 0) is 4.79 Å². The Morgan fingerprint density at radius 2 is 2.05 bits per heavy atom. The van der Waals surface area contributed by atoms with E-state index in [1.165, 1.54) is 4.90 Å². The lowest BCUT2D eigenvalue weighted by atomic mass is 10.0. The highest BCUT2D eigenvalue weighted by molar-refractivity contribution is 9.10. The third kappa shape index (κ3) is 3.15. The van der Waals surface area contributed by atoms with Crippen molar-refractivity contribution in [3.63, 3.8) is 0 Å². The number of carboxylic acids is 1. The van der Waals surface area contributed by atoms with E-state index in [1.54, 1.807) is 12.1 Å². The average molecular weight is 326 g/mol. The zero-order chi connectivity index (χ0) is 14.0. The Labute approximate surface area is 120 Å². The maximum atomic E-state index is 12.5. The molecule has 1 atom stereocenters. The van der Waals surface area contributed by atoms with Crippen LogP contribution in [0, 0.1) is 6.92 Å². The topological polar surface area (TPSA) is 57.6 Å². The number of aliphatic carboxylic acids is 1. The number of halogens is 1. The van der Waals surface area contributed by atoms with E-state index in [9.17, 15) is 14.7 Å². The Kier molecular flexibility index (Phi) is 4.24. The first-order valence-electron chi connectivity index (χ1n) is 6.30. The van der Waals surface area contributed by atoms with E-state index in [0.717, 1.165) is 22.9 Å². The van der Waals surface area contributed by atoms with Gasteiger partial charge in [0.25, 0.3) is 5.91 Å². The lowest BCUT2D eigenvalue weighted by Gasteiger charge is -2.33. The molecule has 0 unspecified atom stereocenters. The molecule has 4 nitrogen and oxygen atoms in total. The molecule has 19 heavy (non-hydrogen) atoms. The minimum Gasteiger partial charge on any atom is -0.480 e. The van der Waals surface area contributed by atoms with Gasteiger partial charge in [-0.15, -0.1) is 0 Å². The molecule has 1 N–H and O–H groups in total. The lowest BCUT2D eigenvalue weighted by molar-refractivity contribution is -0.143. The first kappa shape index (κ1) is 14.1. The summed E-state index contributed by atoms with van der Waals surface area (Å²) >= 11 is 3.36. The van der Waals surface area contributed by atoms with E-state index in [1.807, 2.05) is 13.0 Å². The first-order chi connectivity index (χ1) is 8.99. The maximum absolute atomic E-state index is 12.5. The van der Waals surface area contributed by atoms with Crippen molar-refractivity contribution >= 4 is 27.8 Å². The van der Waals surface area contributed by atoms with Crippen molar-refractivity contribution in [1.29, 1.82) is 0 Å². The molecule has 1 aromatic carbocycles. The number of nitrogens with zero attached hydrogens (tertiary/aromatic N) is 1. The summed E-state index contributed by atoms with van der Waals surface area (Å²) in [6.45, 7) is 2.42. The number of hydrogen-bond donors (Lipinski definition) is 1. The molecule has 1 heterocycles. The van der Waals surface area contributed by atoms with Gasteiger partial charge in [0.05, 0.1) is 0 Å². The number of carboxylic acid groups (broad SMARTS) is 1. The van der Waals surface area contributed by atoms with Gasteiger partial charge >= 0.3 is 5.97 Å². The number of hydrogen-bond acceptors (Lipinski definition) is 2. The zero-order valence-corrected chi connectivity index (χ0v) is 12.3. The molecule has 1 saturated heterocycles. The number of benzene rings is 1. The fraction of sp³-hybridized carbons (Fsp3) is 0.429. The second-order valence-electron chi connectivity index (χ2n) is 4.87. The Bertz CT molecular complexity index is 495. The van der Waals surface area contributed by atoms with Gasteiger partial charge in [-0.1, -0.05) is 15.9 Å². The van der Waals surface area contributed by atoms with Gasteiger partial charge in [0.15, 0.2) is 0 Å². The summed E-state index contributed by atoms with van der Waals surface area (Å²) in [7, 11) is 0. The maximum Gasteiger partial charge on any atom is 0.326 e. The van der Waals surface area contributed by atoms with Crippen molar-refractivity contribution in [2.75, 3.05) is 6.54 Å². The van der Waals surface area contributed by atoms with Crippen molar-refractivity contribution in [2.45, 2.75) is 32.2 Å². The molecule has 1 fully saturated rings. The van der Waals surface area contributed by atoms with Crippen LogP contribution in [0.25, 0.3) is 0 Å². The second-order valence-corrected chi connectivity index (χ2v) is 5.78. The van der Waals surface area contributed by atoms with Crippen molar-refractivity contribution in [2.24, 2.45) is 0 Å². The molecule has 1 amide bonds. The van der Waals surface area contributed by atoms with Crippen molar-refractivity contribution in [3.05, 3.63) is 33.8 Å². The molecule has 2 rings (SSSR count). The minimum atomic E-state index is -0.917. The molecule has 1 aliphatic rings. The molecule has 0 aliphatic carbocycles. The van der Waals surface area contributed by atoms with Crippen LogP contribution in [0.15, 0.2) is 22.7 Å². The highest BCUT2D eigenvalue weighted by Gasteiger charge is 2.32. The van der Waals surface area contributed by atoms with Crippen LogP contribution in [0.3, 0.4) is 0 Å². The number of carbonyl (C=O) groups is 2. The molecule has 0 bridgehead atoms. The summed E-state index contributed by atoms with van der Waals surface area (Å²) in [6, 6.07) is 4.76. The Morgan fingerprint density at radius 1 is 1.32 bits per heavy atom. The van der Waals surface area contributed by atoms with Gasteiger partial charge in [-0.25, -0.2) is 4.79 Å². The molecule has 1 aliphatic heterocycles. The van der Waals surface area contributed by atoms with E-state index in [0.29, 0.717) is 18.5 Å². The first-order valence-corrected chi connectivity index (χ1v) is 7.09. The predicted octanol–water partition coefficient (Wildman–Crippen LogP) is 2.84. The van der Waals surface area contributed by atoms with E-state index in [4.69, 9.17) is 0 Å². The van der Waals surface area contributed by atoms with Crippen molar-refractivity contribution in [3.8, 4) is 0 Å². The molecular weight excluding hydrogens is 310 g/mol. The van der Waals surface area contributed by atoms with Gasteiger partial charge in [0.2, 0.25) is 0 Å². The van der Waals surface area contributed by atoms with E-state index < -0.39 is 12.0 Å². The summed E-state index contributed by atoms with van der Waals surface area (Å²) in [6.07, 6.45) is 2.26. The molecule has 0 spiro atoms. The Hall–Kier alpha value is -1.36. The summed E-state index contributed by atoms with van der Waals surface area (Å²) in [5.74, 6) is -1.11. The second kappa shape index (κ2) is 5.74. The molecule has 0 aromatic heterocycles. The smallest absolute Gasteiger partial charge is 0.326 e. The monoisotopic (exact) mass is 325 g/mol. The fourth-order valence-electron chi connectivity index (χ4n) is 2.46. The van der Waals surface area contributed by atoms with Crippen molar-refractivity contribution < 1.29 is 14.7 Å². The Morgan fingerprint density at radius 3 is 2.68 bits per heavy atom. The number of amides is 1. The van der Waals surface area contributed by atoms with Gasteiger partial charge in [-0.3, -0.25) is 4.79 Å². The van der Waals surface area contributed by atoms with Gasteiger partial charge in [0.1, 0.15) is 6.04 Å². The zero-order valence-electron chi connectivity index (χ0n) is 10.7. The van der Waals surface area contributed by atoms with Crippen LogP contribution >= 0.6 is 15.9 Å². The van der Waals surface area contributed by atoms with Crippen LogP contribution in [0.1, 0.15) is 35.2 Å². The van der Waals surface area contributed by atoms with Gasteiger partial charge < -0.3 is 10.0 Å². The van der Waals surface area contributed by atoms with Crippen LogP contribution in [0.4, 0.5) is 0 Å². The third-order valence-corrected chi connectivity index (χ3v) is 3.80. The van der Waals surface area contributed by atoms with Crippen LogP contribution in [-0.4, -0.2) is 34.5 Å². The highest BCUT2D eigenvalue weighted by atomic mass is 79.9. The summed E-state index contributed by atoms with van der Waals surface area (Å²) in [4.78, 5) is 25.2. The Balaban J connectivity index is 2.28. The molecule has 0 saturated carbocycles. The van der Waals surface area contributed by atoms with Crippen LogP contribution < -0.4 is 0 Å².